The highest BCUT2D eigenvalue weighted by Crippen LogP contribution is 2.40. The Morgan fingerprint density at radius 1 is 0.618 bits per heavy atom. The number of rotatable bonds is 22. The number of azo groups is 2. The second kappa shape index (κ2) is 27.2. The summed E-state index contributed by atoms with van der Waals surface area (Å²) in [6, 6.07) is 16.8. The van der Waals surface area contributed by atoms with E-state index >= 15 is 9.59 Å². The highest BCUT2D eigenvalue weighted by molar-refractivity contribution is 5.95. The number of benzene rings is 2. The Morgan fingerprint density at radius 3 is 1.38 bits per heavy atom. The first-order valence-corrected chi connectivity index (χ1v) is 27.6. The molecule has 0 spiro atoms. The van der Waals surface area contributed by atoms with Gasteiger partial charge in [0.2, 0.25) is 0 Å². The predicted octanol–water partition coefficient (Wildman–Crippen LogP) is 14.8. The van der Waals surface area contributed by atoms with E-state index in [9.17, 15) is 30.3 Å². The fourth-order valence-electron chi connectivity index (χ4n) is 11.2. The van der Waals surface area contributed by atoms with Gasteiger partial charge in [-0.15, -0.1) is 20.5 Å². The van der Waals surface area contributed by atoms with E-state index in [0.717, 1.165) is 86.2 Å². The van der Waals surface area contributed by atoms with Gasteiger partial charge in [-0.2, -0.15) is 10.5 Å². The van der Waals surface area contributed by atoms with Crippen LogP contribution in [0, 0.1) is 72.0 Å². The summed E-state index contributed by atoms with van der Waals surface area (Å²) in [4.78, 5) is 57.9. The second-order valence-corrected chi connectivity index (χ2v) is 22.0. The van der Waals surface area contributed by atoms with Crippen molar-refractivity contribution in [2.45, 2.75) is 183 Å². The van der Waals surface area contributed by atoms with Crippen molar-refractivity contribution in [1.82, 2.24) is 9.13 Å². The van der Waals surface area contributed by atoms with E-state index in [-0.39, 0.29) is 75.2 Å². The van der Waals surface area contributed by atoms with Gasteiger partial charge in [-0.1, -0.05) is 137 Å². The lowest BCUT2D eigenvalue weighted by atomic mass is 9.75. The molecule has 0 saturated heterocycles. The second-order valence-electron chi connectivity index (χ2n) is 22.0. The molecule has 0 radical (unpaired) electrons. The Kier molecular flexibility index (Phi) is 20.9. The number of aromatic hydroxyl groups is 2. The number of ether oxygens (including phenoxy) is 2. The topological polar surface area (TPSA) is 234 Å². The molecule has 16 heteroatoms. The van der Waals surface area contributed by atoms with Crippen LogP contribution in [0.5, 0.6) is 11.8 Å². The Hall–Kier alpha value is -6.94. The van der Waals surface area contributed by atoms with Gasteiger partial charge in [0.05, 0.1) is 22.3 Å². The first-order valence-electron chi connectivity index (χ1n) is 27.6. The zero-order valence-electron chi connectivity index (χ0n) is 46.1. The number of esters is 2. The van der Waals surface area contributed by atoms with Gasteiger partial charge < -0.3 is 19.7 Å². The molecule has 6 unspecified atom stereocenters. The van der Waals surface area contributed by atoms with E-state index < -0.39 is 52.4 Å². The van der Waals surface area contributed by atoms with Gasteiger partial charge in [0.25, 0.3) is 11.1 Å². The maximum absolute atomic E-state index is 15.0. The van der Waals surface area contributed by atoms with Crippen LogP contribution in [-0.4, -0.2) is 43.5 Å². The number of aromatic nitrogens is 2. The molecule has 0 aliphatic heterocycles. The minimum atomic E-state index is -1.46. The van der Waals surface area contributed by atoms with Gasteiger partial charge in [0.1, 0.15) is 41.9 Å². The first kappa shape index (κ1) is 58.3. The Morgan fingerprint density at radius 2 is 1.00 bits per heavy atom. The standard InChI is InChI=1S/C60H78N8O8/c1-10-11-12-13-14-15-16-17-18-27-52(67-55(69)40(8)46(34-61)53(57(67)71)65-63-48-25-21-19-23-44(48)59(73)75-50-32-38(6)28-30-42(50)36(2)3)68-56(70)41(9)47(35-62)54(58(68)72)66-64-49-26-22-20-24-45(49)60(74)76-51-33-39(7)29-31-43(51)37(4)5/h19-26,36-39,42-43,50-52,69-70H,10-18,27-33H2,1-9H3. The highest BCUT2D eigenvalue weighted by Gasteiger charge is 2.36. The molecule has 2 fully saturated rings. The molecule has 0 bridgehead atoms. The Balaban J connectivity index is 1.44. The number of unbranched alkanes of at least 4 members (excludes halogenated alkanes) is 8. The minimum absolute atomic E-state index is 0.0122. The Labute approximate surface area is 447 Å². The van der Waals surface area contributed by atoms with E-state index in [0.29, 0.717) is 36.5 Å². The molecule has 406 valence electrons. The normalized spacial score (nSPS) is 20.2. The summed E-state index contributed by atoms with van der Waals surface area (Å²) >= 11 is 0. The number of carbonyl (C=O) groups is 2. The molecule has 6 rings (SSSR count). The van der Waals surface area contributed by atoms with Crippen molar-refractivity contribution < 1.29 is 29.3 Å². The van der Waals surface area contributed by atoms with E-state index in [1.807, 2.05) is 12.1 Å². The lowest BCUT2D eigenvalue weighted by molar-refractivity contribution is -0.0181. The molecule has 2 saturated carbocycles. The third-order valence-electron chi connectivity index (χ3n) is 15.8. The third-order valence-corrected chi connectivity index (χ3v) is 15.8. The molecule has 6 atom stereocenters. The maximum Gasteiger partial charge on any atom is 0.340 e. The van der Waals surface area contributed by atoms with Crippen molar-refractivity contribution in [2.24, 2.45) is 56.0 Å². The number of nitriles is 2. The van der Waals surface area contributed by atoms with Crippen LogP contribution in [0.1, 0.15) is 200 Å². The van der Waals surface area contributed by atoms with Crippen molar-refractivity contribution in [3.05, 3.63) is 103 Å². The molecule has 0 amide bonds. The Bertz CT molecular complexity index is 2770. The maximum atomic E-state index is 15.0. The third kappa shape index (κ3) is 13.7. The molecular weight excluding hydrogens is 961 g/mol. The first-order chi connectivity index (χ1) is 36.4. The lowest BCUT2D eigenvalue weighted by Gasteiger charge is -2.36. The monoisotopic (exact) mass is 1040 g/mol. The number of hydrogen-bond donors (Lipinski definition) is 2. The molecule has 16 nitrogen and oxygen atoms in total. The van der Waals surface area contributed by atoms with Crippen LogP contribution in [-0.2, 0) is 9.47 Å². The van der Waals surface area contributed by atoms with Crippen molar-refractivity contribution in [3.8, 4) is 23.9 Å². The minimum Gasteiger partial charge on any atom is -0.494 e. The number of nitrogens with zero attached hydrogens (tertiary/aromatic N) is 8. The van der Waals surface area contributed by atoms with Gasteiger partial charge in [-0.3, -0.25) is 18.7 Å². The lowest BCUT2D eigenvalue weighted by Crippen LogP contribution is -2.36. The molecule has 4 aromatic rings. The van der Waals surface area contributed by atoms with Gasteiger partial charge in [0.15, 0.2) is 23.1 Å². The summed E-state index contributed by atoms with van der Waals surface area (Å²) in [6.45, 7) is 17.8. The summed E-state index contributed by atoms with van der Waals surface area (Å²) in [5, 5.41) is 62.3. The molecular formula is C60H78N8O8. The van der Waals surface area contributed by atoms with E-state index in [1.165, 1.54) is 20.3 Å². The SMILES string of the molecule is CCCCCCCCCCCC(n1c(O)c(C)c(C#N)c(N=Nc2ccccc2C(=O)OC2CC(C)CCC2C(C)C)c1=O)n1c(O)c(C)c(C#N)c(N=Nc2ccccc2C(=O)OC2CC(C)CCC2C(C)C)c1=O. The van der Waals surface area contributed by atoms with Crippen LogP contribution in [0.25, 0.3) is 0 Å². The fourth-order valence-corrected chi connectivity index (χ4v) is 11.2. The van der Waals surface area contributed by atoms with Crippen molar-refractivity contribution in [2.75, 3.05) is 0 Å². The fraction of sp³-hybridized carbons (Fsp3) is 0.567. The van der Waals surface area contributed by atoms with Gasteiger partial charge >= 0.3 is 11.9 Å². The molecule has 2 heterocycles. The number of pyridine rings is 2. The molecule has 76 heavy (non-hydrogen) atoms. The van der Waals surface area contributed by atoms with Crippen LogP contribution in [0.3, 0.4) is 0 Å². The summed E-state index contributed by atoms with van der Waals surface area (Å²) in [7, 11) is 0. The zero-order valence-corrected chi connectivity index (χ0v) is 46.1. The average molecular weight is 1040 g/mol. The molecule has 2 N–H and O–H groups in total. The largest absolute Gasteiger partial charge is 0.494 e. The van der Waals surface area contributed by atoms with E-state index in [2.05, 4.69) is 68.9 Å². The summed E-state index contributed by atoms with van der Waals surface area (Å²) in [5.74, 6) is -0.816. The van der Waals surface area contributed by atoms with E-state index in [4.69, 9.17) is 9.47 Å². The summed E-state index contributed by atoms with van der Waals surface area (Å²) in [5.41, 5.74) is -3.34. The van der Waals surface area contributed by atoms with Crippen molar-refractivity contribution in [3.63, 3.8) is 0 Å². The van der Waals surface area contributed by atoms with Crippen molar-refractivity contribution >= 4 is 34.7 Å². The zero-order chi connectivity index (χ0) is 55.2. The van der Waals surface area contributed by atoms with Gasteiger partial charge in [-0.25, -0.2) is 9.59 Å². The summed E-state index contributed by atoms with van der Waals surface area (Å²) in [6.07, 6.45) is 11.9. The summed E-state index contributed by atoms with van der Waals surface area (Å²) < 4.78 is 14.1. The average Bonchev–Trinajstić information content (AvgIpc) is 3.40. The van der Waals surface area contributed by atoms with Gasteiger partial charge in [0, 0.05) is 11.1 Å². The highest BCUT2D eigenvalue weighted by atomic mass is 16.5. The smallest absolute Gasteiger partial charge is 0.340 e. The van der Waals surface area contributed by atoms with Crippen LogP contribution < -0.4 is 11.1 Å². The molecule has 2 aliphatic carbocycles. The van der Waals surface area contributed by atoms with Gasteiger partial charge in [-0.05, 0) is 112 Å². The predicted molar refractivity (Wildman–Crippen MR) is 292 cm³/mol. The van der Waals surface area contributed by atoms with Crippen LogP contribution >= 0.6 is 0 Å². The molecule has 2 aromatic carbocycles. The number of carbonyl (C=O) groups excluding carboxylic acids is 2. The van der Waals surface area contributed by atoms with Crippen LogP contribution in [0.2, 0.25) is 0 Å². The van der Waals surface area contributed by atoms with Crippen LogP contribution in [0.4, 0.5) is 22.7 Å². The van der Waals surface area contributed by atoms with E-state index in [1.54, 1.807) is 48.5 Å². The van der Waals surface area contributed by atoms with Crippen molar-refractivity contribution in [1.29, 1.82) is 10.5 Å². The number of hydrogen-bond acceptors (Lipinski definition) is 14. The van der Waals surface area contributed by atoms with Crippen LogP contribution in [0.15, 0.2) is 78.6 Å². The molecule has 2 aliphatic rings. The quantitative estimate of drug-likeness (QED) is 0.0429. The molecule has 2 aromatic heterocycles.